The van der Waals surface area contributed by atoms with Crippen LogP contribution < -0.4 is 37.6 Å². The predicted octanol–water partition coefficient (Wildman–Crippen LogP) is 2.97. The van der Waals surface area contributed by atoms with Crippen LogP contribution in [0.4, 0.5) is 0 Å². The lowest BCUT2D eigenvalue weighted by molar-refractivity contribution is -0.137. The second-order valence-electron chi connectivity index (χ2n) is 15.3. The number of hydrogen-bond acceptors (Lipinski definition) is 7. The molecule has 0 aromatic rings. The van der Waals surface area contributed by atoms with Crippen molar-refractivity contribution in [1.29, 1.82) is 0 Å². The first-order valence-corrected chi connectivity index (χ1v) is 19.4. The summed E-state index contributed by atoms with van der Waals surface area (Å²) in [6.45, 7) is 17.8. The highest BCUT2D eigenvalue weighted by Gasteiger charge is 2.35. The summed E-state index contributed by atoms with van der Waals surface area (Å²) in [5.74, 6) is -5.63. The zero-order valence-electron chi connectivity index (χ0n) is 33.6. The quantitative estimate of drug-likeness (QED) is 0.0625. The van der Waals surface area contributed by atoms with E-state index in [9.17, 15) is 33.6 Å². The van der Waals surface area contributed by atoms with Gasteiger partial charge in [-0.3, -0.25) is 33.6 Å². The summed E-state index contributed by atoms with van der Waals surface area (Å²) < 4.78 is 0. The zero-order chi connectivity index (χ0) is 40.0. The summed E-state index contributed by atoms with van der Waals surface area (Å²) in [7, 11) is 0. The van der Waals surface area contributed by atoms with E-state index in [0.717, 1.165) is 19.3 Å². The van der Waals surface area contributed by atoms with Gasteiger partial charge in [0.05, 0.1) is 6.42 Å². The fourth-order valence-electron chi connectivity index (χ4n) is 5.67. The Morgan fingerprint density at radius 1 is 0.481 bits per heavy atom. The number of primary amides is 1. The first-order valence-electron chi connectivity index (χ1n) is 19.4. The SMILES string of the molecule is CCCCCCCCCCCCNC(=O)C[C@@H](NC(=O)[C@@H](NC(=O)[C@@H](NC(=O)[C@@H](NC(=O)[C@@H](NC(C)=O)C(C)C)C(C)C)C(C)C)C(C)C)C(N)=O. The van der Waals surface area contributed by atoms with E-state index in [0.29, 0.717) is 6.54 Å². The summed E-state index contributed by atoms with van der Waals surface area (Å²) in [5.41, 5.74) is 5.54. The molecule has 8 N–H and O–H groups in total. The summed E-state index contributed by atoms with van der Waals surface area (Å²) in [5, 5.41) is 16.0. The van der Waals surface area contributed by atoms with Crippen LogP contribution in [0.25, 0.3) is 0 Å². The number of rotatable bonds is 27. The number of amides is 7. The van der Waals surface area contributed by atoms with Gasteiger partial charge in [-0.1, -0.05) is 120 Å². The van der Waals surface area contributed by atoms with Gasteiger partial charge in [0, 0.05) is 13.5 Å². The minimum atomic E-state index is -1.29. The number of carbonyl (C=O) groups is 7. The fourth-order valence-corrected chi connectivity index (χ4v) is 5.67. The van der Waals surface area contributed by atoms with Gasteiger partial charge in [-0.05, 0) is 30.1 Å². The number of nitrogens with two attached hydrogens (primary N) is 1. The highest BCUT2D eigenvalue weighted by Crippen LogP contribution is 2.12. The predicted molar refractivity (Wildman–Crippen MR) is 203 cm³/mol. The Bertz CT molecular complexity index is 1140. The first-order chi connectivity index (χ1) is 24.3. The van der Waals surface area contributed by atoms with Crippen LogP contribution in [0, 0.1) is 23.7 Å². The Hall–Kier alpha value is -3.71. The molecule has 0 aromatic carbocycles. The molecule has 14 heteroatoms. The van der Waals surface area contributed by atoms with Crippen LogP contribution >= 0.6 is 0 Å². The molecule has 0 unspecified atom stereocenters. The molecule has 0 rings (SSSR count). The van der Waals surface area contributed by atoms with Crippen molar-refractivity contribution >= 4 is 41.4 Å². The van der Waals surface area contributed by atoms with Crippen LogP contribution in [0.3, 0.4) is 0 Å². The van der Waals surface area contributed by atoms with E-state index in [2.05, 4.69) is 38.8 Å². The van der Waals surface area contributed by atoms with Crippen molar-refractivity contribution in [3.63, 3.8) is 0 Å². The third-order valence-electron chi connectivity index (χ3n) is 8.95. The molecule has 5 atom stereocenters. The Morgan fingerprint density at radius 2 is 0.808 bits per heavy atom. The van der Waals surface area contributed by atoms with E-state index >= 15 is 0 Å². The maximum atomic E-state index is 13.6. The van der Waals surface area contributed by atoms with Crippen molar-refractivity contribution in [2.24, 2.45) is 29.4 Å². The standard InChI is InChI=1S/C38H71N7O7/c1-11-12-13-14-15-16-17-18-19-20-21-40-29(47)22-28(34(39)48)42-35(49)31(24(4)5)43-37(51)33(26(8)9)45-38(52)32(25(6)7)44-36(50)30(23(2)3)41-27(10)46/h23-26,28,30-33H,11-22H2,1-10H3,(H2,39,48)(H,40,47)(H,41,46)(H,42,49)(H,43,51)(H,44,50)(H,45,52)/t28-,30+,31+,32+,33+/m1/s1. The summed E-state index contributed by atoms with van der Waals surface area (Å²) in [4.78, 5) is 89.9. The lowest BCUT2D eigenvalue weighted by Crippen LogP contribution is -2.62. The van der Waals surface area contributed by atoms with E-state index in [1.807, 2.05) is 0 Å². The van der Waals surface area contributed by atoms with E-state index in [-0.39, 0.29) is 24.2 Å². The highest BCUT2D eigenvalue weighted by molar-refractivity contribution is 5.97. The minimum absolute atomic E-state index is 0.244. The second kappa shape index (κ2) is 26.1. The Labute approximate surface area is 312 Å². The average Bonchev–Trinajstić information content (AvgIpc) is 3.04. The van der Waals surface area contributed by atoms with Gasteiger partial charge in [0.25, 0.3) is 0 Å². The molecule has 14 nitrogen and oxygen atoms in total. The molecule has 0 spiro atoms. The number of nitrogens with one attached hydrogen (secondary N) is 6. The normalized spacial score (nSPS) is 14.3. The van der Waals surface area contributed by atoms with Gasteiger partial charge in [-0.2, -0.15) is 0 Å². The lowest BCUT2D eigenvalue weighted by Gasteiger charge is -2.30. The summed E-state index contributed by atoms with van der Waals surface area (Å²) in [6.07, 6.45) is 11.3. The largest absolute Gasteiger partial charge is 0.368 e. The smallest absolute Gasteiger partial charge is 0.243 e. The molecule has 7 amide bonds. The van der Waals surface area contributed by atoms with E-state index in [1.54, 1.807) is 55.4 Å². The van der Waals surface area contributed by atoms with Gasteiger partial charge < -0.3 is 37.6 Å². The molecular weight excluding hydrogens is 666 g/mol. The van der Waals surface area contributed by atoms with Gasteiger partial charge in [-0.25, -0.2) is 0 Å². The molecule has 0 aliphatic carbocycles. The van der Waals surface area contributed by atoms with Crippen molar-refractivity contribution in [2.75, 3.05) is 6.54 Å². The molecule has 52 heavy (non-hydrogen) atoms. The topological polar surface area (TPSA) is 218 Å². The Kier molecular flexibility index (Phi) is 24.3. The van der Waals surface area contributed by atoms with Crippen LogP contribution in [0.5, 0.6) is 0 Å². The molecule has 0 saturated carbocycles. The van der Waals surface area contributed by atoms with Crippen molar-refractivity contribution < 1.29 is 33.6 Å². The molecule has 0 bridgehead atoms. The summed E-state index contributed by atoms with van der Waals surface area (Å²) >= 11 is 0. The molecule has 0 heterocycles. The Morgan fingerprint density at radius 3 is 1.13 bits per heavy atom. The van der Waals surface area contributed by atoms with Gasteiger partial charge in [0.1, 0.15) is 30.2 Å². The Balaban J connectivity index is 5.33. The lowest BCUT2D eigenvalue weighted by atomic mass is 9.97. The number of hydrogen-bond donors (Lipinski definition) is 7. The molecule has 300 valence electrons. The second-order valence-corrected chi connectivity index (χ2v) is 15.3. The van der Waals surface area contributed by atoms with Crippen molar-refractivity contribution in [3.8, 4) is 0 Å². The minimum Gasteiger partial charge on any atom is -0.368 e. The third kappa shape index (κ3) is 19.8. The fraction of sp³-hybridized carbons (Fsp3) is 0.816. The van der Waals surface area contributed by atoms with Gasteiger partial charge in [0.2, 0.25) is 41.4 Å². The van der Waals surface area contributed by atoms with Crippen molar-refractivity contribution in [3.05, 3.63) is 0 Å². The molecule has 0 aromatic heterocycles. The van der Waals surface area contributed by atoms with Crippen LogP contribution in [0.15, 0.2) is 0 Å². The highest BCUT2D eigenvalue weighted by atomic mass is 16.2. The summed E-state index contributed by atoms with van der Waals surface area (Å²) in [6, 6.07) is -5.37. The van der Waals surface area contributed by atoms with Crippen LogP contribution in [-0.2, 0) is 33.6 Å². The molecule has 0 saturated heterocycles. The van der Waals surface area contributed by atoms with Crippen molar-refractivity contribution in [2.45, 2.75) is 170 Å². The molecule has 0 aliphatic rings. The van der Waals surface area contributed by atoms with Gasteiger partial charge >= 0.3 is 0 Å². The average molecular weight is 738 g/mol. The van der Waals surface area contributed by atoms with Gasteiger partial charge in [-0.15, -0.1) is 0 Å². The molecule has 0 aliphatic heterocycles. The van der Waals surface area contributed by atoms with E-state index < -0.39 is 77.5 Å². The zero-order valence-corrected chi connectivity index (χ0v) is 33.6. The molecular formula is C38H71N7O7. The van der Waals surface area contributed by atoms with Gasteiger partial charge in [0.15, 0.2) is 0 Å². The maximum absolute atomic E-state index is 13.6. The van der Waals surface area contributed by atoms with E-state index in [4.69, 9.17) is 5.73 Å². The number of unbranched alkanes of at least 4 members (excludes halogenated alkanes) is 9. The van der Waals surface area contributed by atoms with Crippen molar-refractivity contribution in [1.82, 2.24) is 31.9 Å². The van der Waals surface area contributed by atoms with E-state index in [1.165, 1.54) is 51.9 Å². The maximum Gasteiger partial charge on any atom is 0.243 e. The van der Waals surface area contributed by atoms with Crippen LogP contribution in [0.2, 0.25) is 0 Å². The molecule has 0 fully saturated rings. The number of carbonyl (C=O) groups excluding carboxylic acids is 7. The van der Waals surface area contributed by atoms with Crippen LogP contribution in [-0.4, -0.2) is 78.1 Å². The molecule has 0 radical (unpaired) electrons. The monoisotopic (exact) mass is 738 g/mol. The third-order valence-corrected chi connectivity index (χ3v) is 8.95. The van der Waals surface area contributed by atoms with Crippen LogP contribution in [0.1, 0.15) is 140 Å². The first kappa shape index (κ1) is 48.3.